The van der Waals surface area contributed by atoms with E-state index in [-0.39, 0.29) is 73.2 Å². The molecule has 0 fully saturated rings. The van der Waals surface area contributed by atoms with E-state index >= 15 is 0 Å². The van der Waals surface area contributed by atoms with Crippen molar-refractivity contribution in [2.24, 2.45) is 0 Å². The Labute approximate surface area is 217 Å². The van der Waals surface area contributed by atoms with Crippen molar-refractivity contribution in [3.8, 4) is 5.69 Å². The van der Waals surface area contributed by atoms with E-state index in [1.165, 1.54) is 13.0 Å². The molecular formula is C16H24N2Na2O7S2. The molecule has 1 heterocycles. The number of H-pyrrole nitrogens is 1. The van der Waals surface area contributed by atoms with Gasteiger partial charge in [0, 0.05) is 11.8 Å². The van der Waals surface area contributed by atoms with Crippen LogP contribution < -0.4 is 64.7 Å². The molecule has 0 aliphatic heterocycles. The monoisotopic (exact) mass is 466 g/mol. The molecule has 9 nitrogen and oxygen atoms in total. The number of hydrogen-bond acceptors (Lipinski definition) is 5. The van der Waals surface area contributed by atoms with Crippen LogP contribution in [0.3, 0.4) is 0 Å². The summed E-state index contributed by atoms with van der Waals surface area (Å²) in [6.45, 7) is 3.33. The molecule has 0 radical (unpaired) electrons. The van der Waals surface area contributed by atoms with Crippen molar-refractivity contribution < 1.29 is 87.9 Å². The molecule has 1 aromatic carbocycles. The predicted octanol–water partition coefficient (Wildman–Crippen LogP) is -3.68. The van der Waals surface area contributed by atoms with E-state index < -0.39 is 35.6 Å². The fraction of sp³-hybridized carbons (Fsp3) is 0.438. The minimum Gasteiger partial charge on any atom is -1.00 e. The third-order valence-electron chi connectivity index (χ3n) is 4.13. The van der Waals surface area contributed by atoms with Crippen LogP contribution in [0, 0.1) is 6.92 Å². The van der Waals surface area contributed by atoms with Gasteiger partial charge in [-0.25, -0.2) is 4.68 Å². The molecule has 0 aliphatic rings. The Morgan fingerprint density at radius 3 is 2.07 bits per heavy atom. The molecule has 0 atom stereocenters. The number of unbranched alkanes of at least 4 members (excludes halogenated alkanes) is 3. The molecular weight excluding hydrogens is 442 g/mol. The van der Waals surface area contributed by atoms with E-state index in [1.54, 1.807) is 0 Å². The number of rotatable bonds is 8. The third-order valence-corrected chi connectivity index (χ3v) is 6.00. The van der Waals surface area contributed by atoms with Crippen LogP contribution in [0.2, 0.25) is 0 Å². The number of benzene rings is 1. The maximum absolute atomic E-state index is 12.3. The second-order valence-electron chi connectivity index (χ2n) is 6.30. The zero-order valence-corrected chi connectivity index (χ0v) is 22.6. The first kappa shape index (κ1) is 29.1. The quantitative estimate of drug-likeness (QED) is 0.206. The van der Waals surface area contributed by atoms with Crippen LogP contribution in [0.25, 0.3) is 5.69 Å². The molecule has 0 unspecified atom stereocenters. The Kier molecular flexibility index (Phi) is 11.6. The molecule has 1 aromatic heterocycles. The summed E-state index contributed by atoms with van der Waals surface area (Å²) in [4.78, 5) is 11.1. The molecule has 2 aromatic rings. The molecule has 0 bridgehead atoms. The van der Waals surface area contributed by atoms with Gasteiger partial charge in [0.15, 0.2) is 0 Å². The Bertz CT molecular complexity index is 1120. The van der Waals surface area contributed by atoms with E-state index in [9.17, 15) is 30.7 Å². The van der Waals surface area contributed by atoms with Crippen molar-refractivity contribution in [3.63, 3.8) is 0 Å². The zero-order chi connectivity index (χ0) is 20.4. The summed E-state index contributed by atoms with van der Waals surface area (Å²) in [7, 11) is -9.41. The first-order valence-corrected chi connectivity index (χ1v) is 11.2. The Hall–Kier alpha value is 0.0500. The van der Waals surface area contributed by atoms with Crippen molar-refractivity contribution in [1.29, 1.82) is 0 Å². The molecule has 0 saturated heterocycles. The van der Waals surface area contributed by atoms with Crippen molar-refractivity contribution in [2.75, 3.05) is 0 Å². The standard InChI is InChI=1S/C16H22N2O7S2.2Na.2H/c1-3-4-5-6-7-12-9-16(19)18(17-12)13-10-14(26(20,21)22)11(2)8-15(13)27(23,24)25;;;;/h8-10,17H,3-7H2,1-2H3,(H,20,21,22)(H,23,24,25);;;;/q;2*+1;2*-1. The van der Waals surface area contributed by atoms with E-state index in [1.807, 2.05) is 0 Å². The molecule has 3 N–H and O–H groups in total. The van der Waals surface area contributed by atoms with Crippen molar-refractivity contribution >= 4 is 20.2 Å². The number of aromatic amines is 1. The number of nitrogens with zero attached hydrogens (tertiary/aromatic N) is 1. The normalized spacial score (nSPS) is 11.6. The minimum atomic E-state index is -4.75. The largest absolute Gasteiger partial charge is 1.00 e. The minimum absolute atomic E-state index is 0. The predicted molar refractivity (Wildman–Crippen MR) is 101 cm³/mol. The van der Waals surface area contributed by atoms with Crippen LogP contribution in [-0.4, -0.2) is 35.7 Å². The first-order valence-electron chi connectivity index (χ1n) is 8.36. The summed E-state index contributed by atoms with van der Waals surface area (Å²) >= 11 is 0. The van der Waals surface area contributed by atoms with Crippen molar-refractivity contribution in [1.82, 2.24) is 9.78 Å². The molecule has 29 heavy (non-hydrogen) atoms. The van der Waals surface area contributed by atoms with Crippen LogP contribution >= 0.6 is 0 Å². The number of aromatic nitrogens is 2. The van der Waals surface area contributed by atoms with Crippen molar-refractivity contribution in [3.05, 3.63) is 39.8 Å². The number of hydrogen-bond donors (Lipinski definition) is 3. The van der Waals surface area contributed by atoms with Crippen LogP contribution in [0.1, 0.15) is 46.7 Å². The maximum Gasteiger partial charge on any atom is 1.00 e. The van der Waals surface area contributed by atoms with Crippen molar-refractivity contribution in [2.45, 2.75) is 55.7 Å². The second-order valence-corrected chi connectivity index (χ2v) is 9.08. The fourth-order valence-corrected chi connectivity index (χ4v) is 4.27. The molecule has 13 heteroatoms. The van der Waals surface area contributed by atoms with Crippen LogP contribution in [0.4, 0.5) is 0 Å². The van der Waals surface area contributed by atoms with Gasteiger partial charge in [0.1, 0.15) is 4.90 Å². The van der Waals surface area contributed by atoms with Gasteiger partial charge in [-0.05, 0) is 37.5 Å². The fourth-order valence-electron chi connectivity index (χ4n) is 2.80. The summed E-state index contributed by atoms with van der Waals surface area (Å²) < 4.78 is 66.2. The van der Waals surface area contributed by atoms with Gasteiger partial charge < -0.3 is 2.85 Å². The van der Waals surface area contributed by atoms with Crippen LogP contribution in [-0.2, 0) is 26.7 Å². The summed E-state index contributed by atoms with van der Waals surface area (Å²) in [5.41, 5.74) is -0.546. The topological polar surface area (TPSA) is 147 Å². The van der Waals surface area contributed by atoms with Gasteiger partial charge in [0.2, 0.25) is 0 Å². The average Bonchev–Trinajstić information content (AvgIpc) is 2.90. The molecule has 0 spiro atoms. The Morgan fingerprint density at radius 2 is 1.55 bits per heavy atom. The zero-order valence-electron chi connectivity index (χ0n) is 19.0. The average molecular weight is 466 g/mol. The second kappa shape index (κ2) is 11.6. The van der Waals surface area contributed by atoms with Gasteiger partial charge in [-0.3, -0.25) is 19.0 Å². The summed E-state index contributed by atoms with van der Waals surface area (Å²) in [6, 6.07) is 3.02. The summed E-state index contributed by atoms with van der Waals surface area (Å²) in [5, 5.41) is 2.74. The van der Waals surface area contributed by atoms with Gasteiger partial charge in [0.05, 0.1) is 10.6 Å². The van der Waals surface area contributed by atoms with Crippen LogP contribution in [0.15, 0.2) is 32.8 Å². The van der Waals surface area contributed by atoms with E-state index in [0.29, 0.717) is 12.1 Å². The van der Waals surface area contributed by atoms with Crippen LogP contribution in [0.5, 0.6) is 0 Å². The number of aryl methyl sites for hydroxylation is 2. The van der Waals surface area contributed by atoms with Gasteiger partial charge in [0.25, 0.3) is 25.8 Å². The number of nitrogens with one attached hydrogen (secondary N) is 1. The summed E-state index contributed by atoms with van der Waals surface area (Å²) in [5.74, 6) is 0. The van der Waals surface area contributed by atoms with Gasteiger partial charge in [-0.1, -0.05) is 26.2 Å². The molecule has 2 rings (SSSR count). The Morgan fingerprint density at radius 1 is 0.966 bits per heavy atom. The SMILES string of the molecule is CCCCCCc1cc(=O)n(-c2cc(S(=O)(=O)O)c(C)cc2S(=O)(=O)O)[nH]1.[H-].[H-].[Na+].[Na+]. The molecule has 0 saturated carbocycles. The van der Waals surface area contributed by atoms with Gasteiger partial charge in [-0.2, -0.15) is 16.8 Å². The maximum atomic E-state index is 12.3. The third kappa shape index (κ3) is 7.60. The molecule has 154 valence electrons. The Balaban J connectivity index is -0.00000196. The van der Waals surface area contributed by atoms with E-state index in [4.69, 9.17) is 0 Å². The smallest absolute Gasteiger partial charge is 1.00 e. The van der Waals surface area contributed by atoms with E-state index in [2.05, 4.69) is 12.0 Å². The summed E-state index contributed by atoms with van der Waals surface area (Å²) in [6.07, 6.45) is 4.45. The van der Waals surface area contributed by atoms with E-state index in [0.717, 1.165) is 42.5 Å². The van der Waals surface area contributed by atoms with Gasteiger partial charge in [-0.15, -0.1) is 0 Å². The first-order chi connectivity index (χ1) is 12.4. The molecule has 0 aliphatic carbocycles. The van der Waals surface area contributed by atoms with Gasteiger partial charge >= 0.3 is 59.1 Å². The molecule has 0 amide bonds.